The molecule has 1 fully saturated rings. The van der Waals surface area contributed by atoms with Crippen molar-refractivity contribution in [2.45, 2.75) is 58.2 Å². The maximum Gasteiger partial charge on any atom is 0.159 e. The van der Waals surface area contributed by atoms with Gasteiger partial charge in [-0.3, -0.25) is 9.69 Å². The summed E-state index contributed by atoms with van der Waals surface area (Å²) < 4.78 is 5.63. The van der Waals surface area contributed by atoms with E-state index in [2.05, 4.69) is 18.7 Å². The standard InChI is InChI=1S/C18H27NO3/c1-13-5-4-6-14(2)19(13)11-17(21)12-22-18-9-7-16(8-10-18)15(3)20/h7-10,13-14,17,21H,4-6,11-12H2,1-3H3/t13-,14-,17+/m0/s1. The molecule has 0 amide bonds. The lowest BCUT2D eigenvalue weighted by atomic mass is 9.97. The Hall–Kier alpha value is -1.39. The van der Waals surface area contributed by atoms with Crippen LogP contribution in [-0.4, -0.2) is 47.1 Å². The van der Waals surface area contributed by atoms with E-state index in [9.17, 15) is 9.90 Å². The van der Waals surface area contributed by atoms with Crippen LogP contribution in [0.2, 0.25) is 0 Å². The van der Waals surface area contributed by atoms with E-state index in [-0.39, 0.29) is 12.4 Å². The molecule has 1 heterocycles. The van der Waals surface area contributed by atoms with E-state index >= 15 is 0 Å². The maximum atomic E-state index is 11.2. The molecule has 4 heteroatoms. The minimum absolute atomic E-state index is 0.0414. The summed E-state index contributed by atoms with van der Waals surface area (Å²) in [5.41, 5.74) is 0.670. The predicted octanol–water partition coefficient (Wildman–Crippen LogP) is 2.89. The Labute approximate surface area is 133 Å². The Morgan fingerprint density at radius 3 is 2.41 bits per heavy atom. The number of carbonyl (C=O) groups is 1. The molecule has 1 saturated heterocycles. The molecule has 1 aliphatic heterocycles. The average Bonchev–Trinajstić information content (AvgIpc) is 2.49. The number of ether oxygens (including phenoxy) is 1. The van der Waals surface area contributed by atoms with Crippen LogP contribution in [0.3, 0.4) is 0 Å². The molecule has 0 unspecified atom stereocenters. The van der Waals surface area contributed by atoms with Crippen molar-refractivity contribution in [3.63, 3.8) is 0 Å². The van der Waals surface area contributed by atoms with E-state index in [0.29, 0.717) is 29.9 Å². The van der Waals surface area contributed by atoms with Gasteiger partial charge in [0.25, 0.3) is 0 Å². The summed E-state index contributed by atoms with van der Waals surface area (Å²) in [7, 11) is 0. The van der Waals surface area contributed by atoms with Gasteiger partial charge in [-0.15, -0.1) is 0 Å². The third kappa shape index (κ3) is 4.55. The number of β-amino-alcohol motifs (C(OH)–C–C–N with tert-alkyl or cyclic N) is 1. The molecular formula is C18H27NO3. The summed E-state index contributed by atoms with van der Waals surface area (Å²) in [4.78, 5) is 13.6. The van der Waals surface area contributed by atoms with E-state index < -0.39 is 6.10 Å². The number of carbonyl (C=O) groups excluding carboxylic acids is 1. The van der Waals surface area contributed by atoms with Gasteiger partial charge in [0.1, 0.15) is 18.5 Å². The highest BCUT2D eigenvalue weighted by Gasteiger charge is 2.26. The Balaban J connectivity index is 1.81. The molecule has 22 heavy (non-hydrogen) atoms. The zero-order valence-electron chi connectivity index (χ0n) is 13.8. The first kappa shape index (κ1) is 17.0. The van der Waals surface area contributed by atoms with Gasteiger partial charge in [-0.1, -0.05) is 6.42 Å². The van der Waals surface area contributed by atoms with E-state index in [1.807, 2.05) is 0 Å². The quantitative estimate of drug-likeness (QED) is 0.821. The van der Waals surface area contributed by atoms with Gasteiger partial charge in [0.2, 0.25) is 0 Å². The fourth-order valence-electron chi connectivity index (χ4n) is 3.11. The lowest BCUT2D eigenvalue weighted by Gasteiger charge is -2.40. The first-order valence-electron chi connectivity index (χ1n) is 8.15. The van der Waals surface area contributed by atoms with E-state index in [0.717, 1.165) is 0 Å². The molecule has 3 atom stereocenters. The number of hydrogen-bond acceptors (Lipinski definition) is 4. The Morgan fingerprint density at radius 1 is 1.27 bits per heavy atom. The Bertz CT molecular complexity index is 476. The van der Waals surface area contributed by atoms with E-state index in [4.69, 9.17) is 4.74 Å². The van der Waals surface area contributed by atoms with Gasteiger partial charge < -0.3 is 9.84 Å². The smallest absolute Gasteiger partial charge is 0.159 e. The molecule has 1 aromatic carbocycles. The maximum absolute atomic E-state index is 11.2. The Morgan fingerprint density at radius 2 is 1.86 bits per heavy atom. The second kappa shape index (κ2) is 7.75. The number of ketones is 1. The molecule has 0 aromatic heterocycles. The largest absolute Gasteiger partial charge is 0.491 e. The SMILES string of the molecule is CC(=O)c1ccc(OC[C@H](O)CN2[C@@H](C)CCC[C@@H]2C)cc1. The predicted molar refractivity (Wildman–Crippen MR) is 87.4 cm³/mol. The number of rotatable bonds is 6. The third-order valence-electron chi connectivity index (χ3n) is 4.50. The first-order valence-corrected chi connectivity index (χ1v) is 8.15. The van der Waals surface area contributed by atoms with Gasteiger partial charge >= 0.3 is 0 Å². The summed E-state index contributed by atoms with van der Waals surface area (Å²) in [5, 5.41) is 10.2. The molecule has 4 nitrogen and oxygen atoms in total. The molecule has 0 radical (unpaired) electrons. The number of aliphatic hydroxyl groups excluding tert-OH is 1. The van der Waals surface area contributed by atoms with Crippen LogP contribution in [0.4, 0.5) is 0 Å². The Kier molecular flexibility index (Phi) is 5.98. The molecule has 0 spiro atoms. The van der Waals surface area contributed by atoms with Crippen LogP contribution < -0.4 is 4.74 Å². The summed E-state index contributed by atoms with van der Waals surface area (Å²) in [6, 6.07) is 8.09. The number of benzene rings is 1. The van der Waals surface area contributed by atoms with Gasteiger partial charge in [0, 0.05) is 24.2 Å². The van der Waals surface area contributed by atoms with E-state index in [1.54, 1.807) is 31.2 Å². The number of aliphatic hydroxyl groups is 1. The van der Waals surface area contributed by atoms with Crippen LogP contribution >= 0.6 is 0 Å². The van der Waals surface area contributed by atoms with Crippen molar-refractivity contribution in [3.05, 3.63) is 29.8 Å². The van der Waals surface area contributed by atoms with Crippen molar-refractivity contribution in [1.82, 2.24) is 4.90 Å². The minimum atomic E-state index is -0.504. The van der Waals surface area contributed by atoms with Crippen LogP contribution in [0.15, 0.2) is 24.3 Å². The normalized spacial score (nSPS) is 24.0. The molecule has 2 rings (SSSR count). The lowest BCUT2D eigenvalue weighted by Crippen LogP contribution is -2.48. The molecule has 0 bridgehead atoms. The number of Topliss-reactive ketones (excluding diaryl/α,β-unsaturated/α-hetero) is 1. The molecule has 1 aromatic rings. The van der Waals surface area contributed by atoms with Gasteiger partial charge in [-0.2, -0.15) is 0 Å². The van der Waals surface area contributed by atoms with Crippen molar-refractivity contribution in [1.29, 1.82) is 0 Å². The van der Waals surface area contributed by atoms with Crippen molar-refractivity contribution >= 4 is 5.78 Å². The lowest BCUT2D eigenvalue weighted by molar-refractivity contribution is 0.0209. The second-order valence-electron chi connectivity index (χ2n) is 6.37. The van der Waals surface area contributed by atoms with Crippen LogP contribution in [0.5, 0.6) is 5.75 Å². The molecular weight excluding hydrogens is 278 g/mol. The van der Waals surface area contributed by atoms with Crippen LogP contribution in [-0.2, 0) is 0 Å². The number of nitrogens with zero attached hydrogens (tertiary/aromatic N) is 1. The molecule has 1 aliphatic rings. The topological polar surface area (TPSA) is 49.8 Å². The fraction of sp³-hybridized carbons (Fsp3) is 0.611. The first-order chi connectivity index (χ1) is 10.5. The van der Waals surface area contributed by atoms with Gasteiger partial charge in [0.05, 0.1) is 0 Å². The zero-order chi connectivity index (χ0) is 16.1. The van der Waals surface area contributed by atoms with Crippen LogP contribution in [0.25, 0.3) is 0 Å². The van der Waals surface area contributed by atoms with Crippen LogP contribution in [0, 0.1) is 0 Å². The number of hydrogen-bond donors (Lipinski definition) is 1. The second-order valence-corrected chi connectivity index (χ2v) is 6.37. The molecule has 122 valence electrons. The van der Waals surface area contributed by atoms with E-state index in [1.165, 1.54) is 19.3 Å². The van der Waals surface area contributed by atoms with Gasteiger partial charge in [0.15, 0.2) is 5.78 Å². The van der Waals surface area contributed by atoms with Gasteiger partial charge in [-0.25, -0.2) is 0 Å². The van der Waals surface area contributed by atoms with Crippen molar-refractivity contribution in [3.8, 4) is 5.75 Å². The highest BCUT2D eigenvalue weighted by molar-refractivity contribution is 5.94. The number of likely N-dealkylation sites (tertiary alicyclic amines) is 1. The molecule has 0 saturated carbocycles. The fourth-order valence-corrected chi connectivity index (χ4v) is 3.11. The summed E-state index contributed by atoms with van der Waals surface area (Å²) in [6.07, 6.45) is 3.17. The highest BCUT2D eigenvalue weighted by Crippen LogP contribution is 2.22. The summed E-state index contributed by atoms with van der Waals surface area (Å²) >= 11 is 0. The molecule has 1 N–H and O–H groups in total. The average molecular weight is 305 g/mol. The van der Waals surface area contributed by atoms with Crippen molar-refractivity contribution < 1.29 is 14.6 Å². The molecule has 0 aliphatic carbocycles. The third-order valence-corrected chi connectivity index (χ3v) is 4.50. The number of piperidine rings is 1. The highest BCUT2D eigenvalue weighted by atomic mass is 16.5. The van der Waals surface area contributed by atoms with Crippen LogP contribution in [0.1, 0.15) is 50.4 Å². The summed E-state index contributed by atoms with van der Waals surface area (Å²) in [6.45, 7) is 6.91. The minimum Gasteiger partial charge on any atom is -0.491 e. The monoisotopic (exact) mass is 305 g/mol. The summed E-state index contributed by atoms with van der Waals surface area (Å²) in [5.74, 6) is 0.725. The van der Waals surface area contributed by atoms with Gasteiger partial charge in [-0.05, 0) is 57.9 Å². The van der Waals surface area contributed by atoms with Crippen molar-refractivity contribution in [2.75, 3.05) is 13.2 Å². The zero-order valence-corrected chi connectivity index (χ0v) is 13.8. The van der Waals surface area contributed by atoms with Crippen molar-refractivity contribution in [2.24, 2.45) is 0 Å².